The van der Waals surface area contributed by atoms with Crippen molar-refractivity contribution < 1.29 is 44.2 Å². The van der Waals surface area contributed by atoms with Crippen LogP contribution >= 0.6 is 0 Å². The van der Waals surface area contributed by atoms with Gasteiger partial charge in [0.15, 0.2) is 25.4 Å². The Hall–Kier alpha value is -4.19. The van der Waals surface area contributed by atoms with Crippen LogP contribution < -0.4 is 29.2 Å². The molecule has 4 aromatic rings. The quantitative estimate of drug-likeness (QED) is 0.208. The highest BCUT2D eigenvalue weighted by molar-refractivity contribution is 7.91. The number of sulfone groups is 2. The molecule has 44 heavy (non-hydrogen) atoms. The van der Waals surface area contributed by atoms with Gasteiger partial charge in [0.1, 0.15) is 44.9 Å². The van der Waals surface area contributed by atoms with Crippen LogP contribution in [0.3, 0.4) is 0 Å². The normalized spacial score (nSPS) is 12.2. The maximum absolute atomic E-state index is 13.0. The van der Waals surface area contributed by atoms with E-state index in [-0.39, 0.29) is 39.5 Å². The van der Waals surface area contributed by atoms with Crippen LogP contribution in [0.5, 0.6) is 23.0 Å². The number of methoxy groups -OCH3 is 3. The van der Waals surface area contributed by atoms with Crippen molar-refractivity contribution in [2.45, 2.75) is 14.7 Å². The Morgan fingerprint density at radius 3 is 1.91 bits per heavy atom. The highest BCUT2D eigenvalue weighted by Crippen LogP contribution is 2.37. The van der Waals surface area contributed by atoms with Crippen molar-refractivity contribution in [1.29, 1.82) is 0 Å². The smallest absolute Gasteiger partial charge is 0.262 e. The summed E-state index contributed by atoms with van der Waals surface area (Å²) in [5.74, 6) is 0.332. The molecule has 0 radical (unpaired) electrons. The number of aromatic amines is 1. The molecule has 14 nitrogen and oxygen atoms in total. The first-order valence-electron chi connectivity index (χ1n) is 12.6. The first-order chi connectivity index (χ1) is 20.6. The molecule has 0 aliphatic rings. The van der Waals surface area contributed by atoms with E-state index in [9.17, 15) is 30.0 Å². The van der Waals surface area contributed by atoms with Crippen molar-refractivity contribution in [2.75, 3.05) is 47.0 Å². The molecule has 236 valence electrons. The second kappa shape index (κ2) is 12.4. The Labute approximate surface area is 253 Å². The SMILES string of the molecule is COc1ccc(S(=O)(=O)NCCOc2c(S(C)(=O)=O)cc(-c3nc4cc(OC)cc(OC)c4c(=O)[nH]3)cc2S(C)(=O)=O)cc1. The number of hydrogen-bond donors (Lipinski definition) is 2. The van der Waals surface area contributed by atoms with Crippen LogP contribution in [0, 0.1) is 0 Å². The molecule has 1 aromatic heterocycles. The van der Waals surface area contributed by atoms with Crippen LogP contribution in [-0.4, -0.2) is 82.2 Å². The number of fused-ring (bicyclic) bond motifs is 1. The van der Waals surface area contributed by atoms with Gasteiger partial charge < -0.3 is 23.9 Å². The zero-order valence-electron chi connectivity index (χ0n) is 24.2. The van der Waals surface area contributed by atoms with Crippen LogP contribution in [0.1, 0.15) is 0 Å². The summed E-state index contributed by atoms with van der Waals surface area (Å²) in [6, 6.07) is 10.8. The highest BCUT2D eigenvalue weighted by atomic mass is 32.2. The van der Waals surface area contributed by atoms with E-state index in [4.69, 9.17) is 18.9 Å². The minimum Gasteiger partial charge on any atom is -0.497 e. The third kappa shape index (κ3) is 6.96. The zero-order valence-corrected chi connectivity index (χ0v) is 26.6. The fraction of sp³-hybridized carbons (Fsp3) is 0.259. The van der Waals surface area contributed by atoms with E-state index in [1.54, 1.807) is 0 Å². The van der Waals surface area contributed by atoms with E-state index < -0.39 is 57.4 Å². The van der Waals surface area contributed by atoms with Crippen molar-refractivity contribution in [3.8, 4) is 34.4 Å². The van der Waals surface area contributed by atoms with E-state index in [2.05, 4.69) is 14.7 Å². The summed E-state index contributed by atoms with van der Waals surface area (Å²) in [4.78, 5) is 18.9. The molecule has 0 unspecified atom stereocenters. The molecule has 17 heteroatoms. The first kappa shape index (κ1) is 32.7. The number of aromatic nitrogens is 2. The maximum Gasteiger partial charge on any atom is 0.262 e. The molecule has 0 amide bonds. The van der Waals surface area contributed by atoms with Gasteiger partial charge in [-0.15, -0.1) is 0 Å². The lowest BCUT2D eigenvalue weighted by Gasteiger charge is -2.17. The summed E-state index contributed by atoms with van der Waals surface area (Å²) in [6.45, 7) is -0.754. The van der Waals surface area contributed by atoms with Gasteiger partial charge in [0, 0.05) is 36.8 Å². The fourth-order valence-corrected chi connectivity index (χ4v) is 6.97. The third-order valence-corrected chi connectivity index (χ3v) is 9.99. The van der Waals surface area contributed by atoms with E-state index in [0.29, 0.717) is 11.5 Å². The zero-order chi connectivity index (χ0) is 32.4. The van der Waals surface area contributed by atoms with E-state index in [1.807, 2.05) is 0 Å². The summed E-state index contributed by atoms with van der Waals surface area (Å²) in [5, 5.41) is 0.0979. The van der Waals surface area contributed by atoms with E-state index in [1.165, 1.54) is 57.7 Å². The van der Waals surface area contributed by atoms with Crippen LogP contribution in [0.15, 0.2) is 68.0 Å². The van der Waals surface area contributed by atoms with Gasteiger partial charge in [0.05, 0.1) is 31.7 Å². The Morgan fingerprint density at radius 1 is 0.795 bits per heavy atom. The highest BCUT2D eigenvalue weighted by Gasteiger charge is 2.27. The van der Waals surface area contributed by atoms with Crippen molar-refractivity contribution in [3.63, 3.8) is 0 Å². The molecular formula is C27H29N3O11S3. The number of hydrogen-bond acceptors (Lipinski definition) is 12. The van der Waals surface area contributed by atoms with E-state index >= 15 is 0 Å². The second-order valence-corrected chi connectivity index (χ2v) is 15.1. The number of H-pyrrole nitrogens is 1. The lowest BCUT2D eigenvalue weighted by atomic mass is 10.1. The number of benzene rings is 3. The van der Waals surface area contributed by atoms with Crippen LogP contribution in [-0.2, 0) is 29.7 Å². The van der Waals surface area contributed by atoms with Crippen molar-refractivity contribution in [3.05, 3.63) is 58.9 Å². The summed E-state index contributed by atoms with van der Waals surface area (Å²) < 4.78 is 100. The molecule has 0 spiro atoms. The second-order valence-electron chi connectivity index (χ2n) is 9.41. The summed E-state index contributed by atoms with van der Waals surface area (Å²) >= 11 is 0. The molecule has 4 rings (SSSR count). The molecule has 0 fully saturated rings. The van der Waals surface area contributed by atoms with Gasteiger partial charge in [-0.25, -0.2) is 35.0 Å². The summed E-state index contributed by atoms with van der Waals surface area (Å²) in [5.41, 5.74) is -0.527. The molecule has 0 aliphatic carbocycles. The summed E-state index contributed by atoms with van der Waals surface area (Å²) in [6.07, 6.45) is 1.70. The Bertz CT molecular complexity index is 2060. The number of sulfonamides is 1. The van der Waals surface area contributed by atoms with E-state index in [0.717, 1.165) is 24.6 Å². The molecule has 0 bridgehead atoms. The largest absolute Gasteiger partial charge is 0.497 e. The van der Waals surface area contributed by atoms with Crippen LogP contribution in [0.25, 0.3) is 22.3 Å². The monoisotopic (exact) mass is 667 g/mol. The first-order valence-corrected chi connectivity index (χ1v) is 17.9. The summed E-state index contributed by atoms with van der Waals surface area (Å²) in [7, 11) is -8.03. The topological polar surface area (TPSA) is 197 Å². The number of nitrogens with one attached hydrogen (secondary N) is 2. The Kier molecular flexibility index (Phi) is 9.24. The van der Waals surface area contributed by atoms with Gasteiger partial charge in [-0.1, -0.05) is 0 Å². The maximum atomic E-state index is 13.0. The minimum atomic E-state index is -4.14. The standard InChI is InChI=1S/C27H29N3O11S3/c1-38-17-6-8-19(9-7-17)44(36,37)28-10-11-41-25-22(42(4,32)33)12-16(13-23(25)43(5,34)35)26-29-20-14-18(39-2)15-21(40-3)24(20)27(31)30-26/h6-9,12-15,28H,10-11H2,1-5H3,(H,29,30,31). The van der Waals surface area contributed by atoms with Crippen LogP contribution in [0.2, 0.25) is 0 Å². The van der Waals surface area contributed by atoms with Gasteiger partial charge in [-0.3, -0.25) is 4.79 Å². The molecule has 1 heterocycles. The van der Waals surface area contributed by atoms with Crippen molar-refractivity contribution in [2.24, 2.45) is 0 Å². The van der Waals surface area contributed by atoms with Gasteiger partial charge >= 0.3 is 0 Å². The molecule has 0 saturated carbocycles. The number of rotatable bonds is 12. The predicted molar refractivity (Wildman–Crippen MR) is 161 cm³/mol. The van der Waals surface area contributed by atoms with Gasteiger partial charge in [0.25, 0.3) is 5.56 Å². The lowest BCUT2D eigenvalue weighted by molar-refractivity contribution is 0.306. The predicted octanol–water partition coefficient (Wildman–Crippen LogP) is 1.78. The number of ether oxygens (including phenoxy) is 4. The average molecular weight is 668 g/mol. The van der Waals surface area contributed by atoms with Gasteiger partial charge in [0.2, 0.25) is 10.0 Å². The Balaban J connectivity index is 1.75. The molecular weight excluding hydrogens is 639 g/mol. The average Bonchev–Trinajstić information content (AvgIpc) is 2.97. The lowest BCUT2D eigenvalue weighted by Crippen LogP contribution is -2.28. The number of nitrogens with zero attached hydrogens (tertiary/aromatic N) is 1. The van der Waals surface area contributed by atoms with Crippen LogP contribution in [0.4, 0.5) is 0 Å². The van der Waals surface area contributed by atoms with Gasteiger partial charge in [-0.2, -0.15) is 0 Å². The van der Waals surface area contributed by atoms with Gasteiger partial charge in [-0.05, 0) is 36.4 Å². The molecule has 0 aliphatic heterocycles. The Morgan fingerprint density at radius 2 is 1.39 bits per heavy atom. The minimum absolute atomic E-state index is 0.0424. The fourth-order valence-electron chi connectivity index (χ4n) is 4.20. The molecule has 0 atom stereocenters. The third-order valence-electron chi connectivity index (χ3n) is 6.31. The molecule has 3 aromatic carbocycles. The molecule has 2 N–H and O–H groups in total. The van der Waals surface area contributed by atoms with Crippen molar-refractivity contribution in [1.82, 2.24) is 14.7 Å². The van der Waals surface area contributed by atoms with Crippen molar-refractivity contribution >= 4 is 40.6 Å². The molecule has 0 saturated heterocycles.